The van der Waals surface area contributed by atoms with Crippen LogP contribution in [0.4, 0.5) is 0 Å². The smallest absolute Gasteiger partial charge is 0.545 e. The van der Waals surface area contributed by atoms with Crippen molar-refractivity contribution in [1.29, 1.82) is 0 Å². The first-order chi connectivity index (χ1) is 15.5. The molecule has 0 spiro atoms. The maximum Gasteiger partial charge on any atom is 1.00 e. The molecule has 0 saturated carbocycles. The summed E-state index contributed by atoms with van der Waals surface area (Å²) in [5, 5.41) is 11.1. The molecule has 0 aromatic heterocycles. The number of aromatic carboxylic acids is 1. The molecule has 1 fully saturated rings. The summed E-state index contributed by atoms with van der Waals surface area (Å²) in [4.78, 5) is 13.5. The molecule has 6 heteroatoms. The predicted molar refractivity (Wildman–Crippen MR) is 122 cm³/mol. The van der Waals surface area contributed by atoms with E-state index in [-0.39, 0.29) is 29.8 Å². The number of rotatable bonds is 7. The van der Waals surface area contributed by atoms with Crippen LogP contribution in [0.15, 0.2) is 72.8 Å². The number of likely N-dealkylation sites (tertiary alicyclic amines) is 1. The predicted octanol–water partition coefficient (Wildman–Crippen LogP) is 0.653. The van der Waals surface area contributed by atoms with Crippen LogP contribution in [0.5, 0.6) is 11.5 Å². The van der Waals surface area contributed by atoms with E-state index >= 15 is 0 Å². The normalized spacial score (nSPS) is 15.3. The van der Waals surface area contributed by atoms with Crippen LogP contribution in [0, 0.1) is 0 Å². The third-order valence-electron chi connectivity index (χ3n) is 6.45. The quantitative estimate of drug-likeness (QED) is 0.508. The summed E-state index contributed by atoms with van der Waals surface area (Å²) in [6, 6.07) is 23.8. The van der Waals surface area contributed by atoms with E-state index in [0.717, 1.165) is 49.5 Å². The molecule has 1 heterocycles. The van der Waals surface area contributed by atoms with Crippen LogP contribution in [0.25, 0.3) is 0 Å². The monoisotopic (exact) mass is 437 g/mol. The van der Waals surface area contributed by atoms with Crippen molar-refractivity contribution >= 4 is 5.97 Å². The fourth-order valence-electron chi connectivity index (χ4n) is 4.74. The Balaban J connectivity index is 0.00000306. The van der Waals surface area contributed by atoms with Crippen LogP contribution >= 0.6 is 0 Å². The zero-order chi connectivity index (χ0) is 22.6. The Bertz CT molecular complexity index is 1000. The van der Waals surface area contributed by atoms with Gasteiger partial charge in [0.2, 0.25) is 0 Å². The van der Waals surface area contributed by atoms with E-state index in [2.05, 4.69) is 29.2 Å². The van der Waals surface area contributed by atoms with E-state index in [9.17, 15) is 9.90 Å². The third-order valence-corrected chi connectivity index (χ3v) is 6.45. The van der Waals surface area contributed by atoms with Crippen molar-refractivity contribution in [1.82, 2.24) is 4.90 Å². The van der Waals surface area contributed by atoms with Gasteiger partial charge < -0.3 is 19.4 Å². The number of carbonyl (C=O) groups excluding carboxylic acids is 1. The zero-order valence-electron chi connectivity index (χ0n) is 19.5. The number of benzene rings is 3. The van der Waals surface area contributed by atoms with Crippen LogP contribution < -0.4 is 33.4 Å². The molecule has 3 aromatic rings. The first kappa shape index (κ1) is 24.9. The molecule has 0 unspecified atom stereocenters. The molecular formula is C27H28LiNO4. The van der Waals surface area contributed by atoms with E-state index < -0.39 is 5.97 Å². The van der Waals surface area contributed by atoms with Gasteiger partial charge in [0.15, 0.2) is 0 Å². The molecule has 3 aromatic carbocycles. The van der Waals surface area contributed by atoms with Crippen LogP contribution in [0.1, 0.15) is 39.9 Å². The van der Waals surface area contributed by atoms with Gasteiger partial charge in [-0.25, -0.2) is 0 Å². The number of methoxy groups -OCH3 is 2. The summed E-state index contributed by atoms with van der Waals surface area (Å²) in [7, 11) is 3.37. The van der Waals surface area contributed by atoms with Crippen molar-refractivity contribution in [2.75, 3.05) is 27.3 Å². The van der Waals surface area contributed by atoms with Gasteiger partial charge in [0.25, 0.3) is 0 Å². The van der Waals surface area contributed by atoms with Crippen molar-refractivity contribution < 1.29 is 38.2 Å². The maximum atomic E-state index is 11.1. The van der Waals surface area contributed by atoms with Crippen LogP contribution in [-0.4, -0.2) is 38.2 Å². The Labute approximate surface area is 207 Å². The van der Waals surface area contributed by atoms with E-state index in [4.69, 9.17) is 9.47 Å². The summed E-state index contributed by atoms with van der Waals surface area (Å²) in [6.45, 7) is 2.63. The van der Waals surface area contributed by atoms with E-state index in [0.29, 0.717) is 0 Å². The second-order valence-electron chi connectivity index (χ2n) is 8.34. The van der Waals surface area contributed by atoms with Gasteiger partial charge in [-0.3, -0.25) is 4.90 Å². The first-order valence-electron chi connectivity index (χ1n) is 10.9. The molecule has 0 atom stereocenters. The van der Waals surface area contributed by atoms with Crippen LogP contribution in [0.2, 0.25) is 0 Å². The first-order valence-corrected chi connectivity index (χ1v) is 10.9. The molecule has 33 heavy (non-hydrogen) atoms. The molecule has 0 amide bonds. The number of ether oxygens (including phenoxy) is 2. The molecule has 5 nitrogen and oxygen atoms in total. The Morgan fingerprint density at radius 3 is 1.85 bits per heavy atom. The molecule has 0 radical (unpaired) electrons. The van der Waals surface area contributed by atoms with Gasteiger partial charge in [-0.2, -0.15) is 0 Å². The second-order valence-corrected chi connectivity index (χ2v) is 8.34. The minimum absolute atomic E-state index is 0. The number of hydrogen-bond donors (Lipinski definition) is 0. The van der Waals surface area contributed by atoms with Crippen molar-refractivity contribution in [3.8, 4) is 11.5 Å². The Morgan fingerprint density at radius 2 is 1.39 bits per heavy atom. The number of carboxylic acids is 1. The van der Waals surface area contributed by atoms with Gasteiger partial charge in [0.05, 0.1) is 20.2 Å². The molecule has 0 N–H and O–H groups in total. The number of nitrogens with zero attached hydrogens (tertiary/aromatic N) is 1. The third kappa shape index (κ3) is 5.44. The summed E-state index contributed by atoms with van der Waals surface area (Å²) in [6.07, 6.45) is 2.11. The average molecular weight is 437 g/mol. The number of hydrogen-bond acceptors (Lipinski definition) is 5. The largest absolute Gasteiger partial charge is 1.00 e. The Kier molecular flexibility index (Phi) is 8.26. The van der Waals surface area contributed by atoms with Gasteiger partial charge in [-0.05, 0) is 65.9 Å². The number of piperidine rings is 1. The van der Waals surface area contributed by atoms with E-state index in [1.807, 2.05) is 36.4 Å². The Morgan fingerprint density at radius 1 is 0.879 bits per heavy atom. The van der Waals surface area contributed by atoms with E-state index in [1.165, 1.54) is 11.1 Å². The molecule has 166 valence electrons. The zero-order valence-corrected chi connectivity index (χ0v) is 19.5. The van der Waals surface area contributed by atoms with E-state index in [1.54, 1.807) is 26.4 Å². The standard InChI is InChI=1S/C27H29NO4.Li/c1-31-24-12-8-22(9-13-24)27(23-10-14-25(32-2)15-11-23)16-3-17-28(19-27)18-20-4-6-21(7-5-20)26(29)30;/h4-15H,3,16-19H2,1-2H3,(H,29,30);/q;+1/p-1. The molecule has 1 aliphatic heterocycles. The molecule has 0 bridgehead atoms. The van der Waals surface area contributed by atoms with Crippen molar-refractivity contribution in [3.63, 3.8) is 0 Å². The SMILES string of the molecule is COc1ccc(C2(c3ccc(OC)cc3)CCCN(Cc3ccc(C(=O)[O-])cc3)C2)cc1.[Li+]. The molecular weight excluding hydrogens is 409 g/mol. The Hall–Kier alpha value is -2.71. The van der Waals surface area contributed by atoms with Crippen molar-refractivity contribution in [3.05, 3.63) is 95.1 Å². The number of carboxylic acid groups (broad SMARTS) is 1. The second kappa shape index (κ2) is 10.9. The minimum atomic E-state index is -1.15. The summed E-state index contributed by atoms with van der Waals surface area (Å²) in [5.41, 5.74) is 3.68. The minimum Gasteiger partial charge on any atom is -0.545 e. The maximum absolute atomic E-state index is 11.1. The van der Waals surface area contributed by atoms with Gasteiger partial charge in [0.1, 0.15) is 11.5 Å². The molecule has 1 aliphatic rings. The molecule has 1 saturated heterocycles. The van der Waals surface area contributed by atoms with Gasteiger partial charge in [-0.15, -0.1) is 0 Å². The van der Waals surface area contributed by atoms with Crippen LogP contribution in [-0.2, 0) is 12.0 Å². The van der Waals surface area contributed by atoms with Gasteiger partial charge in [0, 0.05) is 18.5 Å². The van der Waals surface area contributed by atoms with Gasteiger partial charge >= 0.3 is 18.9 Å². The molecule has 4 rings (SSSR count). The topological polar surface area (TPSA) is 61.8 Å². The fourth-order valence-corrected chi connectivity index (χ4v) is 4.74. The summed E-state index contributed by atoms with van der Waals surface area (Å²) in [5.74, 6) is 0.547. The number of carbonyl (C=O) groups is 1. The van der Waals surface area contributed by atoms with Crippen molar-refractivity contribution in [2.24, 2.45) is 0 Å². The fraction of sp³-hybridized carbons (Fsp3) is 0.296. The molecule has 0 aliphatic carbocycles. The van der Waals surface area contributed by atoms with Gasteiger partial charge in [-0.1, -0.05) is 48.5 Å². The summed E-state index contributed by atoms with van der Waals surface area (Å²) < 4.78 is 10.8. The van der Waals surface area contributed by atoms with Crippen LogP contribution in [0.3, 0.4) is 0 Å². The summed E-state index contributed by atoms with van der Waals surface area (Å²) >= 11 is 0. The van der Waals surface area contributed by atoms with Crippen molar-refractivity contribution in [2.45, 2.75) is 24.8 Å². The average Bonchev–Trinajstić information content (AvgIpc) is 2.84.